The predicted molar refractivity (Wildman–Crippen MR) is 156 cm³/mol. The fourth-order valence-electron chi connectivity index (χ4n) is 4.44. The minimum atomic E-state index is -0.517. The molecule has 1 aromatic heterocycles. The van der Waals surface area contributed by atoms with E-state index in [1.165, 1.54) is 0 Å². The summed E-state index contributed by atoms with van der Waals surface area (Å²) in [5.74, 6) is -0.931. The molecule has 0 aliphatic carbocycles. The first-order valence-electron chi connectivity index (χ1n) is 11.7. The second-order valence-corrected chi connectivity index (χ2v) is 10.9. The van der Waals surface area contributed by atoms with E-state index in [2.05, 4.69) is 16.1 Å². The van der Waals surface area contributed by atoms with Gasteiger partial charge in [-0.25, -0.2) is 0 Å². The molecular weight excluding hydrogens is 536 g/mol. The Morgan fingerprint density at radius 3 is 2.63 bits per heavy atom. The van der Waals surface area contributed by atoms with Crippen LogP contribution in [-0.2, 0) is 11.3 Å². The third-order valence-corrected chi connectivity index (χ3v) is 8.01. The van der Waals surface area contributed by atoms with Gasteiger partial charge in [-0.1, -0.05) is 65.8 Å². The molecule has 38 heavy (non-hydrogen) atoms. The first kappa shape index (κ1) is 25.7. The zero-order valence-corrected chi connectivity index (χ0v) is 22.9. The molecule has 1 saturated heterocycles. The lowest BCUT2D eigenvalue weighted by Crippen LogP contribution is -2.44. The Morgan fingerprint density at radius 1 is 1.13 bits per heavy atom. The van der Waals surface area contributed by atoms with Gasteiger partial charge in [0.2, 0.25) is 0 Å². The Labute approximate surface area is 234 Å². The van der Waals surface area contributed by atoms with Crippen LogP contribution in [0.4, 0.5) is 0 Å². The first-order chi connectivity index (χ1) is 18.3. The Morgan fingerprint density at radius 2 is 1.87 bits per heavy atom. The van der Waals surface area contributed by atoms with E-state index in [0.717, 1.165) is 50.1 Å². The number of hydrogen-bond donors (Lipinski definition) is 1. The highest BCUT2D eigenvalue weighted by Gasteiger charge is 2.34. The lowest BCUT2D eigenvalue weighted by molar-refractivity contribution is -0.123. The maximum Gasteiger partial charge on any atom is 0.285 e. The van der Waals surface area contributed by atoms with E-state index in [4.69, 9.17) is 23.8 Å². The third kappa shape index (κ3) is 4.72. The number of para-hydroxylation sites is 1. The average Bonchev–Trinajstić information content (AvgIpc) is 3.32. The van der Waals surface area contributed by atoms with Crippen LogP contribution in [0, 0.1) is 25.2 Å². The van der Waals surface area contributed by atoms with E-state index in [0.29, 0.717) is 22.0 Å². The van der Waals surface area contributed by atoms with Crippen LogP contribution in [0.25, 0.3) is 17.0 Å². The average molecular weight is 557 g/mol. The summed E-state index contributed by atoms with van der Waals surface area (Å²) in [6, 6.07) is 22.8. The van der Waals surface area contributed by atoms with Crippen molar-refractivity contribution < 1.29 is 9.59 Å². The standard InChI is InChI=1S/C29H21ClN4O2S2/c1-17-11-12-22(24(30)13-17)27(35)32-34-28(36)26(38-29(34)37)14-23-18(2)33(25-10-6-5-9-21(23)25)16-20-8-4-3-7-19(20)15-31/h3-14H,16H2,1-2H3,(H,32,35)/b26-14-. The monoisotopic (exact) mass is 556 g/mol. The van der Waals surface area contributed by atoms with Gasteiger partial charge in [0.15, 0.2) is 4.32 Å². The Kier molecular flexibility index (Phi) is 7.09. The van der Waals surface area contributed by atoms with E-state index in [9.17, 15) is 14.9 Å². The summed E-state index contributed by atoms with van der Waals surface area (Å²) in [4.78, 5) is 26.6. The summed E-state index contributed by atoms with van der Waals surface area (Å²) in [5.41, 5.74) is 8.12. The van der Waals surface area contributed by atoms with E-state index < -0.39 is 11.8 Å². The number of nitrogens with zero attached hydrogens (tertiary/aromatic N) is 3. The molecule has 5 rings (SSSR count). The van der Waals surface area contributed by atoms with E-state index in [1.54, 1.807) is 24.3 Å². The van der Waals surface area contributed by atoms with Crippen LogP contribution in [-0.4, -0.2) is 25.7 Å². The van der Waals surface area contributed by atoms with Crippen LogP contribution in [0.5, 0.6) is 0 Å². The molecule has 0 saturated carbocycles. The van der Waals surface area contributed by atoms with Gasteiger partial charge in [0.1, 0.15) is 0 Å². The number of benzene rings is 3. The minimum Gasteiger partial charge on any atom is -0.340 e. The van der Waals surface area contributed by atoms with Crippen molar-refractivity contribution in [3.8, 4) is 6.07 Å². The van der Waals surface area contributed by atoms with Gasteiger partial charge in [0.25, 0.3) is 11.8 Å². The first-order valence-corrected chi connectivity index (χ1v) is 13.3. The van der Waals surface area contributed by atoms with Gasteiger partial charge >= 0.3 is 0 Å². The highest BCUT2D eigenvalue weighted by atomic mass is 35.5. The lowest BCUT2D eigenvalue weighted by atomic mass is 10.1. The van der Waals surface area contributed by atoms with Crippen LogP contribution in [0.1, 0.15) is 38.3 Å². The number of thioether (sulfide) groups is 1. The molecule has 1 fully saturated rings. The number of hydrazine groups is 1. The predicted octanol–water partition coefficient (Wildman–Crippen LogP) is 6.38. The van der Waals surface area contributed by atoms with Gasteiger partial charge in [0.05, 0.1) is 27.1 Å². The van der Waals surface area contributed by atoms with Crippen molar-refractivity contribution in [1.82, 2.24) is 15.0 Å². The number of aryl methyl sites for hydroxylation is 1. The number of nitrogens with one attached hydrogen (secondary N) is 1. The summed E-state index contributed by atoms with van der Waals surface area (Å²) >= 11 is 12.8. The molecule has 0 unspecified atom stereocenters. The van der Waals surface area contributed by atoms with Crippen LogP contribution in [0.15, 0.2) is 71.6 Å². The number of amides is 2. The molecule has 0 spiro atoms. The summed E-state index contributed by atoms with van der Waals surface area (Å²) in [7, 11) is 0. The highest BCUT2D eigenvalue weighted by molar-refractivity contribution is 8.26. The zero-order valence-electron chi connectivity index (χ0n) is 20.5. The molecule has 0 radical (unpaired) electrons. The fraction of sp³-hybridized carbons (Fsp3) is 0.103. The Hall–Kier alpha value is -3.90. The molecule has 1 aliphatic rings. The smallest absolute Gasteiger partial charge is 0.285 e. The quantitative estimate of drug-likeness (QED) is 0.228. The maximum absolute atomic E-state index is 13.3. The van der Waals surface area contributed by atoms with Crippen molar-refractivity contribution in [1.29, 1.82) is 5.26 Å². The third-order valence-electron chi connectivity index (χ3n) is 6.40. The minimum absolute atomic E-state index is 0.224. The fourth-order valence-corrected chi connectivity index (χ4v) is 5.92. The summed E-state index contributed by atoms with van der Waals surface area (Å²) in [6.07, 6.45) is 1.81. The zero-order chi connectivity index (χ0) is 27.0. The topological polar surface area (TPSA) is 78.1 Å². The number of carbonyl (C=O) groups is 2. The van der Waals surface area contributed by atoms with Crippen LogP contribution in [0.3, 0.4) is 0 Å². The number of rotatable bonds is 5. The van der Waals surface area contributed by atoms with Gasteiger partial charge in [-0.3, -0.25) is 15.0 Å². The maximum atomic E-state index is 13.3. The molecule has 0 bridgehead atoms. The second kappa shape index (κ2) is 10.5. The molecule has 2 heterocycles. The van der Waals surface area contributed by atoms with Crippen molar-refractivity contribution in [2.45, 2.75) is 20.4 Å². The molecule has 188 valence electrons. The number of thiocarbonyl (C=S) groups is 1. The number of nitriles is 1. The summed E-state index contributed by atoms with van der Waals surface area (Å²) < 4.78 is 2.36. The Bertz CT molecular complexity index is 1720. The molecule has 6 nitrogen and oxygen atoms in total. The van der Waals surface area contributed by atoms with Gasteiger partial charge in [-0.2, -0.15) is 10.3 Å². The van der Waals surface area contributed by atoms with E-state index in [-0.39, 0.29) is 9.88 Å². The number of carbonyl (C=O) groups excluding carboxylic acids is 2. The van der Waals surface area contributed by atoms with Crippen LogP contribution >= 0.6 is 35.6 Å². The number of aromatic nitrogens is 1. The van der Waals surface area contributed by atoms with Crippen molar-refractivity contribution in [3.63, 3.8) is 0 Å². The molecule has 2 amide bonds. The SMILES string of the molecule is Cc1ccc(C(=O)NN2C(=O)/C(=C/c3c(C)n(Cc4ccccc4C#N)c4ccccc34)SC2=S)c(Cl)c1. The van der Waals surface area contributed by atoms with Gasteiger partial charge in [0, 0.05) is 28.7 Å². The van der Waals surface area contributed by atoms with Gasteiger partial charge in [-0.05, 0) is 67.5 Å². The molecule has 4 aromatic rings. The molecule has 9 heteroatoms. The van der Waals surface area contributed by atoms with Crippen LogP contribution < -0.4 is 5.43 Å². The second-order valence-electron chi connectivity index (χ2n) is 8.81. The summed E-state index contributed by atoms with van der Waals surface area (Å²) in [5, 5.41) is 11.9. The molecule has 1 aliphatic heterocycles. The highest BCUT2D eigenvalue weighted by Crippen LogP contribution is 2.35. The number of fused-ring (bicyclic) bond motifs is 1. The normalized spacial score (nSPS) is 14.4. The van der Waals surface area contributed by atoms with Crippen molar-refractivity contribution in [3.05, 3.63) is 110 Å². The van der Waals surface area contributed by atoms with E-state index >= 15 is 0 Å². The largest absolute Gasteiger partial charge is 0.340 e. The van der Waals surface area contributed by atoms with Crippen molar-refractivity contribution in [2.24, 2.45) is 0 Å². The molecule has 1 N–H and O–H groups in total. The molecule has 3 aromatic carbocycles. The van der Waals surface area contributed by atoms with Crippen LogP contribution in [0.2, 0.25) is 5.02 Å². The molecule has 0 atom stereocenters. The lowest BCUT2D eigenvalue weighted by Gasteiger charge is -2.16. The number of hydrogen-bond acceptors (Lipinski definition) is 5. The summed E-state index contributed by atoms with van der Waals surface area (Å²) in [6.45, 7) is 4.38. The van der Waals surface area contributed by atoms with E-state index in [1.807, 2.05) is 62.4 Å². The molecular formula is C29H21ClN4O2S2. The number of halogens is 1. The van der Waals surface area contributed by atoms with Gasteiger partial charge < -0.3 is 4.57 Å². The van der Waals surface area contributed by atoms with Crippen molar-refractivity contribution in [2.75, 3.05) is 0 Å². The van der Waals surface area contributed by atoms with Gasteiger partial charge in [-0.15, -0.1) is 0 Å². The Balaban J connectivity index is 1.48. The van der Waals surface area contributed by atoms with Crippen molar-refractivity contribution >= 4 is 68.7 Å².